The monoisotopic (exact) mass is 494 g/mol. The third-order valence-corrected chi connectivity index (χ3v) is 5.92. The summed E-state index contributed by atoms with van der Waals surface area (Å²) in [6.07, 6.45) is 0. The summed E-state index contributed by atoms with van der Waals surface area (Å²) in [5.74, 6) is 0.776. The molecule has 4 rings (SSSR count). The molecule has 2 amide bonds. The van der Waals surface area contributed by atoms with Crippen LogP contribution in [-0.2, 0) is 22.7 Å². The molecular weight excluding hydrogens is 464 g/mol. The number of para-hydroxylation sites is 1. The minimum Gasteiger partial charge on any atom is -0.497 e. The predicted octanol–water partition coefficient (Wildman–Crippen LogP) is 5.16. The molecule has 0 saturated carbocycles. The highest BCUT2D eigenvalue weighted by molar-refractivity contribution is 5.89. The fraction of sp³-hybridized carbons (Fsp3) is 0.161. The fourth-order valence-electron chi connectivity index (χ4n) is 3.99. The third kappa shape index (κ3) is 7.21. The van der Waals surface area contributed by atoms with E-state index in [1.807, 2.05) is 103 Å². The third-order valence-electron chi connectivity index (χ3n) is 5.92. The topological polar surface area (TPSA) is 67.9 Å². The predicted molar refractivity (Wildman–Crippen MR) is 143 cm³/mol. The first-order valence-corrected chi connectivity index (χ1v) is 12.1. The molecule has 0 heterocycles. The summed E-state index contributed by atoms with van der Waals surface area (Å²) < 4.78 is 11.0. The highest BCUT2D eigenvalue weighted by Crippen LogP contribution is 2.25. The van der Waals surface area contributed by atoms with Crippen LogP contribution in [0.2, 0.25) is 0 Å². The smallest absolute Gasteiger partial charge is 0.261 e. The van der Waals surface area contributed by atoms with E-state index in [9.17, 15) is 9.59 Å². The molecule has 6 nitrogen and oxygen atoms in total. The number of amides is 2. The molecule has 0 fully saturated rings. The number of benzene rings is 4. The number of methoxy groups -OCH3 is 1. The first-order valence-electron chi connectivity index (χ1n) is 12.1. The summed E-state index contributed by atoms with van der Waals surface area (Å²) >= 11 is 0. The average molecular weight is 495 g/mol. The van der Waals surface area contributed by atoms with Crippen molar-refractivity contribution in [1.82, 2.24) is 10.2 Å². The molecule has 0 radical (unpaired) electrons. The highest BCUT2D eigenvalue weighted by atomic mass is 16.5. The lowest BCUT2D eigenvalue weighted by molar-refractivity contribution is -0.143. The van der Waals surface area contributed by atoms with Gasteiger partial charge < -0.3 is 19.7 Å². The van der Waals surface area contributed by atoms with Gasteiger partial charge in [-0.1, -0.05) is 91.0 Å². The molecule has 0 spiro atoms. The quantitative estimate of drug-likeness (QED) is 0.313. The zero-order chi connectivity index (χ0) is 25.9. The van der Waals surface area contributed by atoms with Crippen molar-refractivity contribution >= 4 is 11.8 Å². The maximum atomic E-state index is 13.7. The molecule has 0 aliphatic carbocycles. The van der Waals surface area contributed by atoms with E-state index in [4.69, 9.17) is 9.47 Å². The Balaban J connectivity index is 1.59. The first-order chi connectivity index (χ1) is 18.1. The van der Waals surface area contributed by atoms with Crippen LogP contribution in [0.5, 0.6) is 11.5 Å². The lowest BCUT2D eigenvalue weighted by Crippen LogP contribution is -2.45. The van der Waals surface area contributed by atoms with Crippen molar-refractivity contribution in [2.24, 2.45) is 0 Å². The molecule has 1 unspecified atom stereocenters. The molecule has 4 aromatic rings. The van der Waals surface area contributed by atoms with Crippen molar-refractivity contribution < 1.29 is 19.1 Å². The molecule has 0 aliphatic rings. The molecule has 1 N–H and O–H groups in total. The number of carbonyl (C=O) groups is 2. The number of nitrogens with zero attached hydrogens (tertiary/aromatic N) is 1. The zero-order valence-electron chi connectivity index (χ0n) is 20.7. The van der Waals surface area contributed by atoms with Crippen LogP contribution in [0.25, 0.3) is 0 Å². The SMILES string of the molecule is COc1ccc(CNC(=O)C(c2ccccc2)N(Cc2ccccc2)C(=O)COc2ccccc2)cc1. The van der Waals surface area contributed by atoms with Crippen LogP contribution in [0, 0.1) is 0 Å². The average Bonchev–Trinajstić information content (AvgIpc) is 2.96. The van der Waals surface area contributed by atoms with Crippen molar-refractivity contribution in [3.05, 3.63) is 132 Å². The van der Waals surface area contributed by atoms with Crippen molar-refractivity contribution in [3.8, 4) is 11.5 Å². The van der Waals surface area contributed by atoms with Crippen molar-refractivity contribution in [3.63, 3.8) is 0 Å². The van der Waals surface area contributed by atoms with Crippen molar-refractivity contribution in [1.29, 1.82) is 0 Å². The van der Waals surface area contributed by atoms with E-state index in [0.29, 0.717) is 12.3 Å². The first kappa shape index (κ1) is 25.5. The molecule has 0 saturated heterocycles. The molecule has 4 aromatic carbocycles. The highest BCUT2D eigenvalue weighted by Gasteiger charge is 2.31. The summed E-state index contributed by atoms with van der Waals surface area (Å²) in [6, 6.07) is 34.8. The van der Waals surface area contributed by atoms with Crippen LogP contribution in [0.1, 0.15) is 22.7 Å². The Morgan fingerprint density at radius 2 is 1.32 bits per heavy atom. The van der Waals surface area contributed by atoms with Crippen LogP contribution in [0.15, 0.2) is 115 Å². The molecule has 37 heavy (non-hydrogen) atoms. The zero-order valence-corrected chi connectivity index (χ0v) is 20.7. The van der Waals surface area contributed by atoms with Gasteiger partial charge in [0, 0.05) is 13.1 Å². The summed E-state index contributed by atoms with van der Waals surface area (Å²) in [5.41, 5.74) is 2.56. The summed E-state index contributed by atoms with van der Waals surface area (Å²) in [5, 5.41) is 3.02. The number of hydrogen-bond donors (Lipinski definition) is 1. The Bertz CT molecular complexity index is 1260. The number of hydrogen-bond acceptors (Lipinski definition) is 4. The van der Waals surface area contributed by atoms with E-state index >= 15 is 0 Å². The molecule has 0 aliphatic heterocycles. The molecule has 188 valence electrons. The van der Waals surface area contributed by atoms with E-state index in [1.165, 1.54) is 0 Å². The number of carbonyl (C=O) groups excluding carboxylic acids is 2. The van der Waals surface area contributed by atoms with Gasteiger partial charge in [-0.05, 0) is 41.0 Å². The number of rotatable bonds is 11. The fourth-order valence-corrected chi connectivity index (χ4v) is 3.99. The van der Waals surface area contributed by atoms with Gasteiger partial charge in [-0.25, -0.2) is 0 Å². The number of nitrogens with one attached hydrogen (secondary N) is 1. The molecule has 1 atom stereocenters. The minimum atomic E-state index is -0.841. The van der Waals surface area contributed by atoms with Gasteiger partial charge in [-0.15, -0.1) is 0 Å². The van der Waals surface area contributed by atoms with E-state index in [1.54, 1.807) is 24.1 Å². The standard InChI is InChI=1S/C31H30N2O4/c1-36-27-19-17-24(18-20-27)21-32-31(35)30(26-13-7-3-8-14-26)33(22-25-11-5-2-6-12-25)29(34)23-37-28-15-9-4-10-16-28/h2-20,30H,21-23H2,1H3,(H,32,35). The lowest BCUT2D eigenvalue weighted by atomic mass is 10.0. The van der Waals surface area contributed by atoms with E-state index < -0.39 is 6.04 Å². The van der Waals surface area contributed by atoms with Gasteiger partial charge in [0.25, 0.3) is 5.91 Å². The van der Waals surface area contributed by atoms with Gasteiger partial charge in [0.05, 0.1) is 7.11 Å². The summed E-state index contributed by atoms with van der Waals surface area (Å²) in [4.78, 5) is 28.9. The van der Waals surface area contributed by atoms with E-state index in [-0.39, 0.29) is 25.0 Å². The molecular formula is C31H30N2O4. The Labute approximate surface area is 217 Å². The Morgan fingerprint density at radius 3 is 1.95 bits per heavy atom. The van der Waals surface area contributed by atoms with E-state index in [2.05, 4.69) is 5.32 Å². The Kier molecular flexibility index (Phi) is 8.92. The Morgan fingerprint density at radius 1 is 0.730 bits per heavy atom. The van der Waals surface area contributed by atoms with Crippen molar-refractivity contribution in [2.45, 2.75) is 19.1 Å². The second kappa shape index (κ2) is 12.9. The van der Waals surface area contributed by atoms with Gasteiger partial charge in [-0.3, -0.25) is 9.59 Å². The van der Waals surface area contributed by atoms with Gasteiger partial charge in [-0.2, -0.15) is 0 Å². The lowest BCUT2D eigenvalue weighted by Gasteiger charge is -2.31. The van der Waals surface area contributed by atoms with Crippen LogP contribution in [-0.4, -0.2) is 30.4 Å². The molecule has 6 heteroatoms. The second-order valence-electron chi connectivity index (χ2n) is 8.49. The van der Waals surface area contributed by atoms with Gasteiger partial charge in [0.2, 0.25) is 5.91 Å². The van der Waals surface area contributed by atoms with Gasteiger partial charge >= 0.3 is 0 Å². The van der Waals surface area contributed by atoms with Crippen molar-refractivity contribution in [2.75, 3.05) is 13.7 Å². The number of ether oxygens (including phenoxy) is 2. The van der Waals surface area contributed by atoms with Gasteiger partial charge in [0.15, 0.2) is 6.61 Å². The second-order valence-corrected chi connectivity index (χ2v) is 8.49. The summed E-state index contributed by atoms with van der Waals surface area (Å²) in [6.45, 7) is 0.388. The summed E-state index contributed by atoms with van der Waals surface area (Å²) in [7, 11) is 1.61. The van der Waals surface area contributed by atoms with Crippen LogP contribution in [0.3, 0.4) is 0 Å². The minimum absolute atomic E-state index is 0.189. The van der Waals surface area contributed by atoms with E-state index in [0.717, 1.165) is 22.4 Å². The van der Waals surface area contributed by atoms with Crippen LogP contribution >= 0.6 is 0 Å². The normalized spacial score (nSPS) is 11.3. The molecule has 0 bridgehead atoms. The van der Waals surface area contributed by atoms with Crippen LogP contribution < -0.4 is 14.8 Å². The maximum Gasteiger partial charge on any atom is 0.261 e. The van der Waals surface area contributed by atoms with Gasteiger partial charge in [0.1, 0.15) is 17.5 Å². The molecule has 0 aromatic heterocycles. The maximum absolute atomic E-state index is 13.7. The van der Waals surface area contributed by atoms with Crippen LogP contribution in [0.4, 0.5) is 0 Å². The Hall–Kier alpha value is -4.58. The largest absolute Gasteiger partial charge is 0.497 e.